The number of carbonyl (C=O) groups excluding carboxylic acids is 3. The van der Waals surface area contributed by atoms with Gasteiger partial charge in [0.15, 0.2) is 12.4 Å². The molecule has 0 radical (unpaired) electrons. The second-order valence-electron chi connectivity index (χ2n) is 7.49. The Morgan fingerprint density at radius 2 is 2.06 bits per heavy atom. The molecular weight excluding hydrogens is 398 g/mol. The van der Waals surface area contributed by atoms with Crippen molar-refractivity contribution >= 4 is 23.4 Å². The van der Waals surface area contributed by atoms with Crippen LogP contribution in [0.1, 0.15) is 49.6 Å². The van der Waals surface area contributed by atoms with E-state index in [1.54, 1.807) is 36.4 Å². The number of benzene rings is 1. The van der Waals surface area contributed by atoms with Gasteiger partial charge in [-0.2, -0.15) is 0 Å². The van der Waals surface area contributed by atoms with Crippen molar-refractivity contribution in [2.75, 3.05) is 25.0 Å². The highest BCUT2D eigenvalue weighted by Crippen LogP contribution is 2.20. The Bertz CT molecular complexity index is 881. The van der Waals surface area contributed by atoms with E-state index >= 15 is 0 Å². The number of rotatable bonds is 9. The van der Waals surface area contributed by atoms with E-state index in [0.29, 0.717) is 17.5 Å². The fraction of sp³-hybridized carbons (Fsp3) is 0.435. The summed E-state index contributed by atoms with van der Waals surface area (Å²) in [6, 6.07) is 10.3. The summed E-state index contributed by atoms with van der Waals surface area (Å²) in [5.74, 6) is 0.0671. The van der Waals surface area contributed by atoms with Crippen LogP contribution in [0.3, 0.4) is 0 Å². The van der Waals surface area contributed by atoms with Gasteiger partial charge in [-0.25, -0.2) is 0 Å². The monoisotopic (exact) mass is 427 g/mol. The number of nitrogens with zero attached hydrogens (tertiary/aromatic N) is 1. The zero-order chi connectivity index (χ0) is 22.1. The highest BCUT2D eigenvalue weighted by atomic mass is 16.5. The highest BCUT2D eigenvalue weighted by Gasteiger charge is 2.24. The molecule has 1 fully saturated rings. The number of ether oxygens (including phenoxy) is 1. The van der Waals surface area contributed by atoms with Crippen molar-refractivity contribution < 1.29 is 23.5 Å². The second-order valence-corrected chi connectivity index (χ2v) is 7.49. The zero-order valence-corrected chi connectivity index (χ0v) is 17.8. The van der Waals surface area contributed by atoms with E-state index in [1.807, 2.05) is 4.90 Å². The number of hydrogen-bond donors (Lipinski definition) is 2. The SMILES string of the molecule is CC[C@H]1CCCCN1C(=O)CCNC(=O)COc1cccc(NC(=O)c2ccco2)c1. The van der Waals surface area contributed by atoms with Crippen molar-refractivity contribution in [3.05, 3.63) is 48.4 Å². The number of amides is 3. The van der Waals surface area contributed by atoms with Crippen LogP contribution in [0.5, 0.6) is 5.75 Å². The predicted molar refractivity (Wildman–Crippen MR) is 116 cm³/mol. The Labute approximate surface area is 181 Å². The van der Waals surface area contributed by atoms with Crippen LogP contribution in [-0.2, 0) is 9.59 Å². The Morgan fingerprint density at radius 1 is 1.19 bits per heavy atom. The largest absolute Gasteiger partial charge is 0.484 e. The first-order valence-electron chi connectivity index (χ1n) is 10.7. The molecule has 1 aromatic heterocycles. The molecule has 2 heterocycles. The first kappa shape index (κ1) is 22.4. The number of nitrogens with one attached hydrogen (secondary N) is 2. The smallest absolute Gasteiger partial charge is 0.291 e. The number of hydrogen-bond acceptors (Lipinski definition) is 5. The molecule has 2 aromatic rings. The molecule has 3 rings (SSSR count). The summed E-state index contributed by atoms with van der Waals surface area (Å²) >= 11 is 0. The van der Waals surface area contributed by atoms with Crippen LogP contribution >= 0.6 is 0 Å². The molecule has 1 atom stereocenters. The zero-order valence-electron chi connectivity index (χ0n) is 17.8. The maximum Gasteiger partial charge on any atom is 0.291 e. The van der Waals surface area contributed by atoms with E-state index in [9.17, 15) is 14.4 Å². The third-order valence-electron chi connectivity index (χ3n) is 5.29. The average molecular weight is 428 g/mol. The summed E-state index contributed by atoms with van der Waals surface area (Å²) in [7, 11) is 0. The predicted octanol–water partition coefficient (Wildman–Crippen LogP) is 3.21. The topological polar surface area (TPSA) is 101 Å². The molecule has 8 nitrogen and oxygen atoms in total. The highest BCUT2D eigenvalue weighted by molar-refractivity contribution is 6.02. The lowest BCUT2D eigenvalue weighted by atomic mass is 9.99. The molecule has 0 aliphatic carbocycles. The molecule has 166 valence electrons. The molecule has 1 aliphatic heterocycles. The Morgan fingerprint density at radius 3 is 2.84 bits per heavy atom. The van der Waals surface area contributed by atoms with Crippen LogP contribution < -0.4 is 15.4 Å². The van der Waals surface area contributed by atoms with Gasteiger partial charge in [-0.3, -0.25) is 14.4 Å². The van der Waals surface area contributed by atoms with Crippen LogP contribution in [0.4, 0.5) is 5.69 Å². The lowest BCUT2D eigenvalue weighted by Gasteiger charge is -2.35. The normalized spacial score (nSPS) is 15.9. The molecule has 31 heavy (non-hydrogen) atoms. The molecule has 1 aliphatic rings. The number of likely N-dealkylation sites (tertiary alicyclic amines) is 1. The van der Waals surface area contributed by atoms with Crippen molar-refractivity contribution in [2.24, 2.45) is 0 Å². The van der Waals surface area contributed by atoms with Crippen molar-refractivity contribution in [1.29, 1.82) is 0 Å². The van der Waals surface area contributed by atoms with E-state index in [0.717, 1.165) is 25.8 Å². The standard InChI is InChI=1S/C23H29N3O5/c1-2-18-8-3-4-13-26(18)22(28)11-12-24-21(27)16-31-19-9-5-7-17(15-19)25-23(29)20-10-6-14-30-20/h5-7,9-10,14-15,18H,2-4,8,11-13,16H2,1H3,(H,24,27)(H,25,29)/t18-/m0/s1. The molecule has 2 N–H and O–H groups in total. The minimum atomic E-state index is -0.372. The lowest BCUT2D eigenvalue weighted by Crippen LogP contribution is -2.44. The summed E-state index contributed by atoms with van der Waals surface area (Å²) in [5, 5.41) is 5.43. The molecule has 0 bridgehead atoms. The maximum absolute atomic E-state index is 12.4. The van der Waals surface area contributed by atoms with Gasteiger partial charge in [0, 0.05) is 37.3 Å². The summed E-state index contributed by atoms with van der Waals surface area (Å²) < 4.78 is 10.6. The summed E-state index contributed by atoms with van der Waals surface area (Å²) in [6.07, 6.45) is 5.95. The number of carbonyl (C=O) groups is 3. The molecular formula is C23H29N3O5. The van der Waals surface area contributed by atoms with Gasteiger partial charge in [0.2, 0.25) is 5.91 Å². The van der Waals surface area contributed by atoms with Crippen LogP contribution in [-0.4, -0.2) is 48.4 Å². The first-order valence-corrected chi connectivity index (χ1v) is 10.7. The molecule has 0 saturated carbocycles. The second kappa shape index (κ2) is 11.2. The van der Waals surface area contributed by atoms with E-state index < -0.39 is 0 Å². The fourth-order valence-electron chi connectivity index (χ4n) is 3.67. The third kappa shape index (κ3) is 6.60. The van der Waals surface area contributed by atoms with Crippen LogP contribution in [0.2, 0.25) is 0 Å². The van der Waals surface area contributed by atoms with Gasteiger partial charge in [0.1, 0.15) is 5.75 Å². The van der Waals surface area contributed by atoms with Gasteiger partial charge >= 0.3 is 0 Å². The number of piperidine rings is 1. The van der Waals surface area contributed by atoms with Crippen LogP contribution in [0, 0.1) is 0 Å². The Balaban J connectivity index is 1.39. The Kier molecular flexibility index (Phi) is 8.09. The van der Waals surface area contributed by atoms with Crippen molar-refractivity contribution in [1.82, 2.24) is 10.2 Å². The molecule has 8 heteroatoms. The van der Waals surface area contributed by atoms with Gasteiger partial charge in [0.25, 0.3) is 11.8 Å². The third-order valence-corrected chi connectivity index (χ3v) is 5.29. The van der Waals surface area contributed by atoms with Crippen molar-refractivity contribution in [2.45, 2.75) is 45.1 Å². The molecule has 0 spiro atoms. The van der Waals surface area contributed by atoms with E-state index in [2.05, 4.69) is 17.6 Å². The first-order chi connectivity index (χ1) is 15.1. The van der Waals surface area contributed by atoms with Gasteiger partial charge in [-0.1, -0.05) is 13.0 Å². The quantitative estimate of drug-likeness (QED) is 0.640. The van der Waals surface area contributed by atoms with E-state index in [1.165, 1.54) is 12.7 Å². The molecule has 3 amide bonds. The van der Waals surface area contributed by atoms with Gasteiger partial charge < -0.3 is 24.7 Å². The number of furan rings is 1. The maximum atomic E-state index is 12.4. The minimum absolute atomic E-state index is 0.0905. The summed E-state index contributed by atoms with van der Waals surface area (Å²) in [4.78, 5) is 38.5. The summed E-state index contributed by atoms with van der Waals surface area (Å²) in [5.41, 5.74) is 0.525. The van der Waals surface area contributed by atoms with Crippen molar-refractivity contribution in [3.8, 4) is 5.75 Å². The van der Waals surface area contributed by atoms with E-state index in [-0.39, 0.29) is 43.1 Å². The van der Waals surface area contributed by atoms with Crippen molar-refractivity contribution in [3.63, 3.8) is 0 Å². The van der Waals surface area contributed by atoms with Gasteiger partial charge in [0.05, 0.1) is 6.26 Å². The van der Waals surface area contributed by atoms with Crippen LogP contribution in [0.15, 0.2) is 47.1 Å². The van der Waals surface area contributed by atoms with Gasteiger partial charge in [-0.15, -0.1) is 0 Å². The summed E-state index contributed by atoms with van der Waals surface area (Å²) in [6.45, 7) is 3.02. The fourth-order valence-corrected chi connectivity index (χ4v) is 3.67. The van der Waals surface area contributed by atoms with Crippen LogP contribution in [0.25, 0.3) is 0 Å². The number of anilines is 1. The molecule has 0 unspecified atom stereocenters. The lowest BCUT2D eigenvalue weighted by molar-refractivity contribution is -0.135. The Hall–Kier alpha value is -3.29. The molecule has 1 aromatic carbocycles. The minimum Gasteiger partial charge on any atom is -0.484 e. The van der Waals surface area contributed by atoms with E-state index in [4.69, 9.17) is 9.15 Å². The van der Waals surface area contributed by atoms with Gasteiger partial charge in [-0.05, 0) is 49.9 Å². The molecule has 1 saturated heterocycles. The average Bonchev–Trinajstić information content (AvgIpc) is 3.33.